The van der Waals surface area contributed by atoms with E-state index in [0.29, 0.717) is 36.7 Å². The van der Waals surface area contributed by atoms with Gasteiger partial charge in [-0.1, -0.05) is 0 Å². The van der Waals surface area contributed by atoms with Gasteiger partial charge in [-0.25, -0.2) is 0 Å². The van der Waals surface area contributed by atoms with Gasteiger partial charge in [-0.05, 0) is 24.3 Å². The molecule has 0 radical (unpaired) electrons. The van der Waals surface area contributed by atoms with Crippen LogP contribution in [0, 0.1) is 11.8 Å². The first-order valence-electron chi connectivity index (χ1n) is 8.54. The predicted octanol–water partition coefficient (Wildman–Crippen LogP) is 1.40. The SMILES string of the molecule is Cl.Cn1cccc1-c1nnc2ccc(C(=O)N3C[C@@H]4COC(=O)[C@@H]4C3)cn12. The molecule has 27 heavy (non-hydrogen) atoms. The molecule has 2 atom stereocenters. The number of hydrogen-bond acceptors (Lipinski definition) is 5. The van der Waals surface area contributed by atoms with Crippen molar-refractivity contribution >= 4 is 29.9 Å². The van der Waals surface area contributed by atoms with E-state index in [2.05, 4.69) is 10.2 Å². The van der Waals surface area contributed by atoms with Crippen LogP contribution in [0.5, 0.6) is 0 Å². The minimum Gasteiger partial charge on any atom is -0.465 e. The zero-order valence-corrected chi connectivity index (χ0v) is 15.4. The molecule has 0 saturated carbocycles. The molecule has 9 heteroatoms. The van der Waals surface area contributed by atoms with E-state index in [1.807, 2.05) is 34.3 Å². The lowest BCUT2D eigenvalue weighted by Gasteiger charge is -2.17. The van der Waals surface area contributed by atoms with E-state index in [9.17, 15) is 9.59 Å². The molecule has 0 bridgehead atoms. The molecule has 3 aromatic rings. The van der Waals surface area contributed by atoms with Crippen molar-refractivity contribution in [1.29, 1.82) is 0 Å². The number of cyclic esters (lactones) is 1. The summed E-state index contributed by atoms with van der Waals surface area (Å²) in [6.07, 6.45) is 3.71. The molecular weight excluding hydrogens is 370 g/mol. The molecule has 0 N–H and O–H groups in total. The quantitative estimate of drug-likeness (QED) is 0.621. The Balaban J connectivity index is 0.00000180. The summed E-state index contributed by atoms with van der Waals surface area (Å²) in [5, 5.41) is 8.44. The Morgan fingerprint density at radius 1 is 1.22 bits per heavy atom. The summed E-state index contributed by atoms with van der Waals surface area (Å²) < 4.78 is 8.85. The van der Waals surface area contributed by atoms with Gasteiger partial charge in [0, 0.05) is 38.4 Å². The van der Waals surface area contributed by atoms with Crippen LogP contribution >= 0.6 is 12.4 Å². The van der Waals surface area contributed by atoms with Crippen LogP contribution in [0.4, 0.5) is 0 Å². The third-order valence-electron chi connectivity index (χ3n) is 5.29. The molecule has 0 unspecified atom stereocenters. The smallest absolute Gasteiger partial charge is 0.311 e. The van der Waals surface area contributed by atoms with E-state index in [-0.39, 0.29) is 36.1 Å². The highest BCUT2D eigenvalue weighted by atomic mass is 35.5. The number of aromatic nitrogens is 4. The van der Waals surface area contributed by atoms with Crippen molar-refractivity contribution < 1.29 is 14.3 Å². The van der Waals surface area contributed by atoms with Gasteiger partial charge in [0.2, 0.25) is 0 Å². The third-order valence-corrected chi connectivity index (χ3v) is 5.29. The number of esters is 1. The van der Waals surface area contributed by atoms with Gasteiger partial charge in [0.15, 0.2) is 11.5 Å². The maximum atomic E-state index is 12.9. The van der Waals surface area contributed by atoms with Gasteiger partial charge in [0.05, 0.1) is 23.8 Å². The van der Waals surface area contributed by atoms with E-state index in [1.165, 1.54) is 0 Å². The Morgan fingerprint density at radius 3 is 2.81 bits per heavy atom. The molecule has 2 aliphatic heterocycles. The Labute approximate surface area is 161 Å². The molecule has 1 amide bonds. The number of amides is 1. The van der Waals surface area contributed by atoms with Gasteiger partial charge in [-0.3, -0.25) is 14.0 Å². The van der Waals surface area contributed by atoms with E-state index in [1.54, 1.807) is 23.2 Å². The number of pyridine rings is 1. The average molecular weight is 388 g/mol. The monoisotopic (exact) mass is 387 g/mol. The number of carbonyl (C=O) groups is 2. The fraction of sp³-hybridized carbons (Fsp3) is 0.333. The molecule has 0 aromatic carbocycles. The topological polar surface area (TPSA) is 81.7 Å². The molecule has 0 spiro atoms. The first kappa shape index (κ1) is 17.5. The van der Waals surface area contributed by atoms with E-state index in [4.69, 9.17) is 4.74 Å². The van der Waals surface area contributed by atoms with Crippen LogP contribution in [0.15, 0.2) is 36.7 Å². The molecule has 5 rings (SSSR count). The number of halogens is 1. The molecule has 2 saturated heterocycles. The summed E-state index contributed by atoms with van der Waals surface area (Å²) in [4.78, 5) is 26.4. The molecular formula is C18H18ClN5O3. The summed E-state index contributed by atoms with van der Waals surface area (Å²) in [6, 6.07) is 7.44. The molecule has 3 aromatic heterocycles. The first-order chi connectivity index (χ1) is 12.6. The number of hydrogen-bond donors (Lipinski definition) is 0. The maximum absolute atomic E-state index is 12.9. The molecule has 0 aliphatic carbocycles. The molecule has 8 nitrogen and oxygen atoms in total. The van der Waals surface area contributed by atoms with Crippen molar-refractivity contribution in [3.05, 3.63) is 42.2 Å². The van der Waals surface area contributed by atoms with Crippen LogP contribution in [-0.2, 0) is 16.6 Å². The van der Waals surface area contributed by atoms with Crippen LogP contribution in [0.25, 0.3) is 17.2 Å². The second-order valence-electron chi connectivity index (χ2n) is 6.88. The lowest BCUT2D eigenvalue weighted by Crippen LogP contribution is -2.31. The Kier molecular flexibility index (Phi) is 4.15. The number of carbonyl (C=O) groups excluding carboxylic acids is 2. The van der Waals surface area contributed by atoms with Crippen LogP contribution < -0.4 is 0 Å². The number of rotatable bonds is 2. The number of aryl methyl sites for hydroxylation is 1. The highest BCUT2D eigenvalue weighted by molar-refractivity contribution is 5.95. The zero-order valence-electron chi connectivity index (χ0n) is 14.6. The maximum Gasteiger partial charge on any atom is 0.311 e. The van der Waals surface area contributed by atoms with Crippen LogP contribution in [0.3, 0.4) is 0 Å². The molecule has 140 valence electrons. The standard InChI is InChI=1S/C18H17N5O3.ClH/c1-21-6-2-3-14(21)16-20-19-15-5-4-11(8-23(15)16)17(24)22-7-12-10-26-18(25)13(12)9-22;/h2-6,8,12-13H,7,9-10H2,1H3;1H/t12-,13-;/m1./s1. The van der Waals surface area contributed by atoms with Crippen molar-refractivity contribution in [1.82, 2.24) is 24.1 Å². The largest absolute Gasteiger partial charge is 0.465 e. The average Bonchev–Trinajstić information content (AvgIpc) is 3.39. The lowest BCUT2D eigenvalue weighted by atomic mass is 10.0. The van der Waals surface area contributed by atoms with Gasteiger partial charge in [0.25, 0.3) is 5.91 Å². The molecule has 2 aliphatic rings. The summed E-state index contributed by atoms with van der Waals surface area (Å²) in [5.74, 6) is 0.343. The Morgan fingerprint density at radius 2 is 2.07 bits per heavy atom. The minimum absolute atomic E-state index is 0. The number of nitrogens with zero attached hydrogens (tertiary/aromatic N) is 5. The van der Waals surface area contributed by atoms with Crippen molar-refractivity contribution in [2.45, 2.75) is 0 Å². The molecule has 2 fully saturated rings. The van der Waals surface area contributed by atoms with Gasteiger partial charge >= 0.3 is 5.97 Å². The van der Waals surface area contributed by atoms with Crippen LogP contribution in [0.2, 0.25) is 0 Å². The van der Waals surface area contributed by atoms with Gasteiger partial charge in [0.1, 0.15) is 0 Å². The normalized spacial score (nSPS) is 21.2. The van der Waals surface area contributed by atoms with E-state index < -0.39 is 0 Å². The Hall–Kier alpha value is -2.87. The second kappa shape index (κ2) is 6.38. The fourth-order valence-corrected chi connectivity index (χ4v) is 3.84. The predicted molar refractivity (Wildman–Crippen MR) is 98.5 cm³/mol. The van der Waals surface area contributed by atoms with Crippen LogP contribution in [-0.4, -0.2) is 55.6 Å². The minimum atomic E-state index is -0.189. The second-order valence-corrected chi connectivity index (χ2v) is 6.88. The van der Waals surface area contributed by atoms with Crippen LogP contribution in [0.1, 0.15) is 10.4 Å². The fourth-order valence-electron chi connectivity index (χ4n) is 3.84. The summed E-state index contributed by atoms with van der Waals surface area (Å²) in [7, 11) is 1.94. The van der Waals surface area contributed by atoms with E-state index >= 15 is 0 Å². The number of likely N-dealkylation sites (tertiary alicyclic amines) is 1. The van der Waals surface area contributed by atoms with Crippen molar-refractivity contribution in [2.24, 2.45) is 18.9 Å². The van der Waals surface area contributed by atoms with Crippen molar-refractivity contribution in [3.8, 4) is 11.5 Å². The van der Waals surface area contributed by atoms with Gasteiger partial charge < -0.3 is 14.2 Å². The third kappa shape index (κ3) is 2.68. The summed E-state index contributed by atoms with van der Waals surface area (Å²) in [6.45, 7) is 1.39. The van der Waals surface area contributed by atoms with Gasteiger partial charge in [-0.2, -0.15) is 0 Å². The van der Waals surface area contributed by atoms with Crippen molar-refractivity contribution in [3.63, 3.8) is 0 Å². The highest BCUT2D eigenvalue weighted by Crippen LogP contribution is 2.31. The zero-order chi connectivity index (χ0) is 17.8. The molecule has 5 heterocycles. The Bertz CT molecular complexity index is 1040. The van der Waals surface area contributed by atoms with E-state index in [0.717, 1.165) is 5.69 Å². The summed E-state index contributed by atoms with van der Waals surface area (Å²) >= 11 is 0. The lowest BCUT2D eigenvalue weighted by molar-refractivity contribution is -0.141. The summed E-state index contributed by atoms with van der Waals surface area (Å²) in [5.41, 5.74) is 2.15. The van der Waals surface area contributed by atoms with Gasteiger partial charge in [-0.15, -0.1) is 22.6 Å². The first-order valence-corrected chi connectivity index (χ1v) is 8.54. The number of ether oxygens (including phenoxy) is 1. The van der Waals surface area contributed by atoms with Crippen molar-refractivity contribution in [2.75, 3.05) is 19.7 Å². The highest BCUT2D eigenvalue weighted by Gasteiger charge is 2.45. The number of fused-ring (bicyclic) bond motifs is 2.